The van der Waals surface area contributed by atoms with E-state index in [9.17, 15) is 14.7 Å². The van der Waals surface area contributed by atoms with Crippen molar-refractivity contribution in [2.75, 3.05) is 26.3 Å². The van der Waals surface area contributed by atoms with Gasteiger partial charge in [0.2, 0.25) is 0 Å². The summed E-state index contributed by atoms with van der Waals surface area (Å²) in [7, 11) is 0. The molecule has 112 valence electrons. The molecule has 2 aliphatic heterocycles. The molecule has 2 saturated heterocycles. The van der Waals surface area contributed by atoms with E-state index in [1.54, 1.807) is 0 Å². The summed E-state index contributed by atoms with van der Waals surface area (Å²) in [6, 6.07) is 9.39. The SMILES string of the molecule is O=C(O)[C@H]1CN(C(=O)OCc2ccccc2)CC12COC2. The Bertz CT molecular complexity index is 540. The summed E-state index contributed by atoms with van der Waals surface area (Å²) in [5.41, 5.74) is 0.471. The van der Waals surface area contributed by atoms with Gasteiger partial charge in [-0.2, -0.15) is 0 Å². The summed E-state index contributed by atoms with van der Waals surface area (Å²) in [6.45, 7) is 1.56. The highest BCUT2D eigenvalue weighted by atomic mass is 16.6. The van der Waals surface area contributed by atoms with Crippen LogP contribution in [0.15, 0.2) is 30.3 Å². The van der Waals surface area contributed by atoms with Crippen LogP contribution in [0.2, 0.25) is 0 Å². The molecule has 0 saturated carbocycles. The number of carboxylic acid groups (broad SMARTS) is 1. The monoisotopic (exact) mass is 291 g/mol. The molecule has 2 aliphatic rings. The predicted octanol–water partition coefficient (Wildman–Crippen LogP) is 1.36. The summed E-state index contributed by atoms with van der Waals surface area (Å²) in [5, 5.41) is 9.29. The maximum Gasteiger partial charge on any atom is 0.410 e. The first-order valence-corrected chi connectivity index (χ1v) is 6.87. The standard InChI is InChI=1S/C15H17NO5/c17-13(18)12-6-16(8-15(12)9-20-10-15)14(19)21-7-11-4-2-1-3-5-11/h1-5,12H,6-10H2,(H,17,18)/t12-/m1/s1. The first kappa shape index (κ1) is 13.9. The third-order valence-corrected chi connectivity index (χ3v) is 4.19. The zero-order valence-corrected chi connectivity index (χ0v) is 11.5. The smallest absolute Gasteiger partial charge is 0.410 e. The van der Waals surface area contributed by atoms with Crippen LogP contribution in [0.5, 0.6) is 0 Å². The lowest BCUT2D eigenvalue weighted by Crippen LogP contribution is -2.51. The molecule has 1 N–H and O–H groups in total. The van der Waals surface area contributed by atoms with E-state index < -0.39 is 23.4 Å². The van der Waals surface area contributed by atoms with Crippen LogP contribution in [0.4, 0.5) is 4.79 Å². The third kappa shape index (κ3) is 2.58. The van der Waals surface area contributed by atoms with Crippen LogP contribution >= 0.6 is 0 Å². The number of nitrogens with zero attached hydrogens (tertiary/aromatic N) is 1. The average Bonchev–Trinajstić information content (AvgIpc) is 2.87. The fraction of sp³-hybridized carbons (Fsp3) is 0.467. The van der Waals surface area contributed by atoms with Gasteiger partial charge in [-0.1, -0.05) is 30.3 Å². The number of ether oxygens (including phenoxy) is 2. The highest BCUT2D eigenvalue weighted by Crippen LogP contribution is 2.42. The van der Waals surface area contributed by atoms with Crippen molar-refractivity contribution in [1.29, 1.82) is 0 Å². The second-order valence-electron chi connectivity index (χ2n) is 5.67. The van der Waals surface area contributed by atoms with Gasteiger partial charge in [-0.05, 0) is 5.56 Å². The van der Waals surface area contributed by atoms with Gasteiger partial charge in [0.25, 0.3) is 0 Å². The van der Waals surface area contributed by atoms with Crippen molar-refractivity contribution >= 4 is 12.1 Å². The normalized spacial score (nSPS) is 22.9. The number of carbonyl (C=O) groups excluding carboxylic acids is 1. The zero-order valence-electron chi connectivity index (χ0n) is 11.5. The van der Waals surface area contributed by atoms with E-state index in [2.05, 4.69) is 0 Å². The maximum absolute atomic E-state index is 12.1. The summed E-state index contributed by atoms with van der Waals surface area (Å²) in [5.74, 6) is -1.45. The molecule has 21 heavy (non-hydrogen) atoms. The van der Waals surface area contributed by atoms with Gasteiger partial charge in [-0.25, -0.2) is 4.79 Å². The molecule has 3 rings (SSSR count). The van der Waals surface area contributed by atoms with Crippen molar-refractivity contribution in [1.82, 2.24) is 4.90 Å². The Morgan fingerprint density at radius 3 is 2.57 bits per heavy atom. The van der Waals surface area contributed by atoms with Crippen molar-refractivity contribution in [2.45, 2.75) is 6.61 Å². The van der Waals surface area contributed by atoms with Crippen molar-refractivity contribution in [3.63, 3.8) is 0 Å². The number of benzene rings is 1. The Balaban J connectivity index is 1.60. The molecule has 1 aromatic rings. The lowest BCUT2D eigenvalue weighted by molar-refractivity contribution is -0.164. The second kappa shape index (κ2) is 5.37. The Hall–Kier alpha value is -2.08. The van der Waals surface area contributed by atoms with E-state index in [4.69, 9.17) is 9.47 Å². The summed E-state index contributed by atoms with van der Waals surface area (Å²) in [6.07, 6.45) is -0.464. The second-order valence-corrected chi connectivity index (χ2v) is 5.67. The molecule has 2 fully saturated rings. The molecule has 0 bridgehead atoms. The van der Waals surface area contributed by atoms with Crippen LogP contribution < -0.4 is 0 Å². The van der Waals surface area contributed by atoms with Gasteiger partial charge in [0, 0.05) is 18.5 Å². The third-order valence-electron chi connectivity index (χ3n) is 4.19. The fourth-order valence-corrected chi connectivity index (χ4v) is 2.92. The number of amides is 1. The number of hydrogen-bond acceptors (Lipinski definition) is 4. The fourth-order valence-electron chi connectivity index (χ4n) is 2.92. The van der Waals surface area contributed by atoms with Crippen LogP contribution in [0.3, 0.4) is 0 Å². The average molecular weight is 291 g/mol. The van der Waals surface area contributed by atoms with Gasteiger partial charge < -0.3 is 19.5 Å². The Kier molecular flexibility index (Phi) is 3.55. The van der Waals surface area contributed by atoms with E-state index in [0.29, 0.717) is 19.8 Å². The van der Waals surface area contributed by atoms with Crippen LogP contribution in [0, 0.1) is 11.3 Å². The van der Waals surface area contributed by atoms with Crippen molar-refractivity contribution in [3.05, 3.63) is 35.9 Å². The highest BCUT2D eigenvalue weighted by Gasteiger charge is 2.56. The van der Waals surface area contributed by atoms with Crippen LogP contribution in [0.1, 0.15) is 5.56 Å². The van der Waals surface area contributed by atoms with Crippen molar-refractivity contribution in [3.8, 4) is 0 Å². The van der Waals surface area contributed by atoms with Crippen LogP contribution in [-0.4, -0.2) is 48.4 Å². The minimum absolute atomic E-state index is 0.187. The largest absolute Gasteiger partial charge is 0.481 e. The van der Waals surface area contributed by atoms with Crippen molar-refractivity contribution < 1.29 is 24.2 Å². The molecule has 6 nitrogen and oxygen atoms in total. The molecule has 1 atom stereocenters. The van der Waals surface area contributed by atoms with E-state index in [0.717, 1.165) is 5.56 Å². The summed E-state index contributed by atoms with van der Waals surface area (Å²) >= 11 is 0. The molecule has 1 amide bonds. The lowest BCUT2D eigenvalue weighted by atomic mass is 9.76. The van der Waals surface area contributed by atoms with Gasteiger partial charge in [-0.15, -0.1) is 0 Å². The molecule has 0 unspecified atom stereocenters. The van der Waals surface area contributed by atoms with E-state index in [1.165, 1.54) is 4.90 Å². The Morgan fingerprint density at radius 2 is 2.05 bits per heavy atom. The minimum atomic E-state index is -0.878. The molecule has 1 spiro atoms. The summed E-state index contributed by atoms with van der Waals surface area (Å²) < 4.78 is 10.4. The van der Waals surface area contributed by atoms with Gasteiger partial charge in [0.1, 0.15) is 6.61 Å². The molecule has 1 aromatic carbocycles. The molecule has 2 heterocycles. The molecule has 6 heteroatoms. The van der Waals surface area contributed by atoms with Crippen LogP contribution in [0.25, 0.3) is 0 Å². The molecule has 0 aromatic heterocycles. The molecule has 0 aliphatic carbocycles. The number of aliphatic carboxylic acids is 1. The number of carboxylic acids is 1. The van der Waals surface area contributed by atoms with Gasteiger partial charge in [-0.3, -0.25) is 4.79 Å². The molecule has 0 radical (unpaired) electrons. The van der Waals surface area contributed by atoms with E-state index in [-0.39, 0.29) is 13.2 Å². The Morgan fingerprint density at radius 1 is 1.33 bits per heavy atom. The number of rotatable bonds is 3. The predicted molar refractivity (Wildman–Crippen MR) is 72.6 cm³/mol. The Labute approximate surface area is 122 Å². The van der Waals surface area contributed by atoms with Gasteiger partial charge in [0.05, 0.1) is 19.1 Å². The van der Waals surface area contributed by atoms with Gasteiger partial charge >= 0.3 is 12.1 Å². The number of hydrogen-bond donors (Lipinski definition) is 1. The van der Waals surface area contributed by atoms with E-state index in [1.807, 2.05) is 30.3 Å². The quantitative estimate of drug-likeness (QED) is 0.910. The molecular formula is C15H17NO5. The minimum Gasteiger partial charge on any atom is -0.481 e. The first-order valence-electron chi connectivity index (χ1n) is 6.87. The first-order chi connectivity index (χ1) is 10.1. The zero-order chi connectivity index (χ0) is 14.9. The molecular weight excluding hydrogens is 274 g/mol. The van der Waals surface area contributed by atoms with E-state index >= 15 is 0 Å². The highest BCUT2D eigenvalue weighted by molar-refractivity contribution is 5.75. The van der Waals surface area contributed by atoms with Crippen LogP contribution in [-0.2, 0) is 20.9 Å². The van der Waals surface area contributed by atoms with Crippen molar-refractivity contribution in [2.24, 2.45) is 11.3 Å². The van der Waals surface area contributed by atoms with Gasteiger partial charge in [0.15, 0.2) is 0 Å². The number of likely N-dealkylation sites (tertiary alicyclic amines) is 1. The lowest BCUT2D eigenvalue weighted by Gasteiger charge is -2.40. The maximum atomic E-state index is 12.1. The summed E-state index contributed by atoms with van der Waals surface area (Å²) in [4.78, 5) is 24.9. The topological polar surface area (TPSA) is 76.1 Å². The number of carbonyl (C=O) groups is 2.